The van der Waals surface area contributed by atoms with Crippen LogP contribution in [-0.2, 0) is 39.6 Å². The minimum absolute atomic E-state index is 0.0194. The number of nitrogens with two attached hydrogens (primary N) is 5. The van der Waals surface area contributed by atoms with Crippen LogP contribution in [0, 0.1) is 0 Å². The van der Waals surface area contributed by atoms with Crippen molar-refractivity contribution in [1.82, 2.24) is 16.0 Å². The van der Waals surface area contributed by atoms with Crippen LogP contribution in [0.1, 0.15) is 38.7 Å². The van der Waals surface area contributed by atoms with Crippen molar-refractivity contribution in [1.29, 1.82) is 0 Å². The van der Waals surface area contributed by atoms with Crippen LogP contribution in [0.3, 0.4) is 0 Å². The van der Waals surface area contributed by atoms with Gasteiger partial charge in [-0.05, 0) is 44.3 Å². The summed E-state index contributed by atoms with van der Waals surface area (Å²) in [5.74, 6) is -0.814. The SMILES string of the molecule is CC(C)NC[C@H]1O[C@@H](O[C@@H]2[C@@H](O)[C@H](NC(=O)[C@@H](O)CCN)C[C@H](N)[C@H]2O[C@H]2O[C@H](CNCCCc3ccccc3)[C@@H](O)[C@H](O)[C@H]2N)[C@H](O)[C@@H]1O[C@H]1O[C@@H](CN)[C@@H](O)[C@H](O)[C@H]1N. The Kier molecular flexibility index (Phi) is 19.0. The minimum Gasteiger partial charge on any atom is -0.388 e. The lowest BCUT2D eigenvalue weighted by Crippen LogP contribution is -2.69. The van der Waals surface area contributed by atoms with E-state index in [4.69, 9.17) is 57.1 Å². The Morgan fingerprint density at radius 1 is 0.754 bits per heavy atom. The predicted molar refractivity (Wildman–Crippen MR) is 217 cm³/mol. The molecule has 1 aliphatic carbocycles. The summed E-state index contributed by atoms with van der Waals surface area (Å²) in [7, 11) is 0. The third-order valence-corrected chi connectivity index (χ3v) is 11.7. The highest BCUT2D eigenvalue weighted by Crippen LogP contribution is 2.35. The molecule has 20 atom stereocenters. The lowest BCUT2D eigenvalue weighted by Gasteiger charge is -2.48. The number of aliphatic hydroxyl groups excluding tert-OH is 7. The summed E-state index contributed by atoms with van der Waals surface area (Å²) in [5.41, 5.74) is 31.7. The maximum atomic E-state index is 12.9. The van der Waals surface area contributed by atoms with Crippen LogP contribution >= 0.6 is 0 Å². The van der Waals surface area contributed by atoms with Crippen molar-refractivity contribution in [2.75, 3.05) is 32.7 Å². The van der Waals surface area contributed by atoms with E-state index in [-0.39, 0.29) is 45.1 Å². The standard InChI is InChI=1S/C39H70N8O14/c1-17(2)46-16-24-34(60-37-25(43)30(52)28(50)22(14-41)56-37)32(54)39(58-24)61-35-27(49)20(47-36(55)21(48)10-11-40)13-19(42)33(35)59-38-26(44)31(53)29(51)23(57-38)15-45-12-6-9-18-7-4-3-5-8-18/h3-5,7-8,17,19-35,37-39,45-46,48-54H,6,9-16,40-44H2,1-2H3,(H,47,55)/t19-,20+,21-,22-,23+,24+,25+,26+,27-,28+,29+,30+,31+,32+,33+,34+,35+,37+,38+,39-/m0/s1. The van der Waals surface area contributed by atoms with E-state index in [1.165, 1.54) is 5.56 Å². The minimum atomic E-state index is -1.61. The lowest BCUT2D eigenvalue weighted by molar-refractivity contribution is -0.307. The van der Waals surface area contributed by atoms with E-state index in [1.807, 2.05) is 44.2 Å². The molecule has 1 saturated carbocycles. The molecule has 0 radical (unpaired) electrons. The Balaban J connectivity index is 1.35. The van der Waals surface area contributed by atoms with E-state index in [0.29, 0.717) is 6.54 Å². The molecule has 5 rings (SSSR count). The second-order valence-corrected chi connectivity index (χ2v) is 16.7. The van der Waals surface area contributed by atoms with Crippen molar-refractivity contribution in [3.63, 3.8) is 0 Å². The van der Waals surface area contributed by atoms with E-state index in [9.17, 15) is 40.5 Å². The number of nitrogens with one attached hydrogen (secondary N) is 3. The molecule has 4 fully saturated rings. The first-order valence-electron chi connectivity index (χ1n) is 21.2. The molecule has 3 heterocycles. The Labute approximate surface area is 355 Å². The molecule has 1 aromatic rings. The van der Waals surface area contributed by atoms with Crippen molar-refractivity contribution >= 4 is 5.91 Å². The van der Waals surface area contributed by atoms with Crippen LogP contribution in [0.4, 0.5) is 0 Å². The summed E-state index contributed by atoms with van der Waals surface area (Å²) in [6.45, 7) is 4.45. The fourth-order valence-corrected chi connectivity index (χ4v) is 8.07. The first-order chi connectivity index (χ1) is 29.1. The highest BCUT2D eigenvalue weighted by molar-refractivity contribution is 5.80. The van der Waals surface area contributed by atoms with E-state index in [2.05, 4.69) is 16.0 Å². The maximum Gasteiger partial charge on any atom is 0.249 e. The Bertz CT molecular complexity index is 1460. The molecule has 0 spiro atoms. The Morgan fingerprint density at radius 2 is 1.34 bits per heavy atom. The van der Waals surface area contributed by atoms with Gasteiger partial charge in [0, 0.05) is 31.7 Å². The zero-order valence-electron chi connectivity index (χ0n) is 34.8. The van der Waals surface area contributed by atoms with Gasteiger partial charge < -0.3 is 109 Å². The van der Waals surface area contributed by atoms with Gasteiger partial charge in [-0.1, -0.05) is 44.2 Å². The first kappa shape index (κ1) is 49.9. The van der Waals surface area contributed by atoms with Gasteiger partial charge in [0.2, 0.25) is 5.91 Å². The van der Waals surface area contributed by atoms with Gasteiger partial charge in [0.15, 0.2) is 18.9 Å². The number of amides is 1. The van der Waals surface area contributed by atoms with Gasteiger partial charge in [-0.15, -0.1) is 0 Å². The Hall–Kier alpha value is -2.11. The van der Waals surface area contributed by atoms with E-state index < -0.39 is 128 Å². The molecule has 4 aliphatic rings. The molecule has 61 heavy (non-hydrogen) atoms. The molecular weight excluding hydrogens is 804 g/mol. The molecule has 3 saturated heterocycles. The van der Waals surface area contributed by atoms with Crippen LogP contribution < -0.4 is 44.6 Å². The van der Waals surface area contributed by atoms with Crippen molar-refractivity contribution in [3.8, 4) is 0 Å². The number of aliphatic hydroxyl groups is 7. The van der Waals surface area contributed by atoms with Crippen molar-refractivity contribution in [3.05, 3.63) is 35.9 Å². The summed E-state index contributed by atoms with van der Waals surface area (Å²) in [6.07, 6.45) is -20.2. The molecule has 1 aromatic carbocycles. The number of carbonyl (C=O) groups is 1. The molecule has 3 aliphatic heterocycles. The van der Waals surface area contributed by atoms with Crippen LogP contribution in [0.5, 0.6) is 0 Å². The van der Waals surface area contributed by atoms with E-state index in [1.54, 1.807) is 0 Å². The maximum absolute atomic E-state index is 12.9. The number of carbonyl (C=O) groups excluding carboxylic acids is 1. The molecule has 350 valence electrons. The summed E-state index contributed by atoms with van der Waals surface area (Å²) in [6, 6.07) is 5.23. The Morgan fingerprint density at radius 3 is 1.97 bits per heavy atom. The van der Waals surface area contributed by atoms with E-state index in [0.717, 1.165) is 12.8 Å². The number of benzene rings is 1. The van der Waals surface area contributed by atoms with Crippen LogP contribution in [0.25, 0.3) is 0 Å². The number of hydrogen-bond acceptors (Lipinski definition) is 21. The van der Waals surface area contributed by atoms with Gasteiger partial charge >= 0.3 is 0 Å². The smallest absolute Gasteiger partial charge is 0.249 e. The monoisotopic (exact) mass is 875 g/mol. The second-order valence-electron chi connectivity index (χ2n) is 16.7. The first-order valence-corrected chi connectivity index (χ1v) is 21.2. The average Bonchev–Trinajstić information content (AvgIpc) is 3.53. The summed E-state index contributed by atoms with van der Waals surface area (Å²) < 4.78 is 37.0. The van der Waals surface area contributed by atoms with Crippen LogP contribution in [0.2, 0.25) is 0 Å². The molecule has 1 amide bonds. The summed E-state index contributed by atoms with van der Waals surface area (Å²) in [4.78, 5) is 12.9. The van der Waals surface area contributed by atoms with Crippen LogP contribution in [-0.4, -0.2) is 203 Å². The summed E-state index contributed by atoms with van der Waals surface area (Å²) >= 11 is 0. The number of aryl methyl sites for hydroxylation is 1. The molecule has 0 unspecified atom stereocenters. The molecule has 0 aromatic heterocycles. The van der Waals surface area contributed by atoms with Gasteiger partial charge in [0.1, 0.15) is 79.4 Å². The lowest BCUT2D eigenvalue weighted by atomic mass is 9.83. The third-order valence-electron chi connectivity index (χ3n) is 11.7. The zero-order chi connectivity index (χ0) is 44.5. The largest absolute Gasteiger partial charge is 0.388 e. The number of rotatable bonds is 20. The van der Waals surface area contributed by atoms with Crippen molar-refractivity contribution < 1.29 is 69.0 Å². The van der Waals surface area contributed by atoms with Crippen molar-refractivity contribution in [2.24, 2.45) is 28.7 Å². The topological polar surface area (TPSA) is 380 Å². The van der Waals surface area contributed by atoms with Gasteiger partial charge in [0.05, 0.1) is 18.1 Å². The van der Waals surface area contributed by atoms with E-state index >= 15 is 0 Å². The molecule has 22 heteroatoms. The highest BCUT2D eigenvalue weighted by Gasteiger charge is 2.55. The zero-order valence-corrected chi connectivity index (χ0v) is 34.8. The van der Waals surface area contributed by atoms with Gasteiger partial charge in [-0.25, -0.2) is 0 Å². The van der Waals surface area contributed by atoms with Crippen LogP contribution in [0.15, 0.2) is 30.3 Å². The normalized spacial score (nSPS) is 41.2. The molecule has 0 bridgehead atoms. The fourth-order valence-electron chi connectivity index (χ4n) is 8.07. The van der Waals surface area contributed by atoms with Crippen molar-refractivity contribution in [2.45, 2.75) is 168 Å². The number of hydrogen-bond donors (Lipinski definition) is 15. The van der Waals surface area contributed by atoms with Gasteiger partial charge in [-0.3, -0.25) is 4.79 Å². The molecular formula is C39H70N8O14. The molecule has 20 N–H and O–H groups in total. The van der Waals surface area contributed by atoms with Gasteiger partial charge in [-0.2, -0.15) is 0 Å². The number of ether oxygens (including phenoxy) is 6. The predicted octanol–water partition coefficient (Wildman–Crippen LogP) is -6.76. The molecule has 22 nitrogen and oxygen atoms in total. The second kappa shape index (κ2) is 23.2. The summed E-state index contributed by atoms with van der Waals surface area (Å²) in [5, 5.41) is 86.1. The third kappa shape index (κ3) is 12.6. The quantitative estimate of drug-likeness (QED) is 0.0541. The average molecular weight is 875 g/mol. The fraction of sp³-hybridized carbons (Fsp3) is 0.821. The highest BCUT2D eigenvalue weighted by atomic mass is 16.8. The van der Waals surface area contributed by atoms with Gasteiger partial charge in [0.25, 0.3) is 0 Å².